The van der Waals surface area contributed by atoms with Crippen LogP contribution in [0.15, 0.2) is 156 Å². The third-order valence-corrected chi connectivity index (χ3v) is 9.94. The second-order valence-corrected chi connectivity index (χ2v) is 12.8. The first-order valence-corrected chi connectivity index (χ1v) is 16.9. The van der Waals surface area contributed by atoms with Gasteiger partial charge in [-0.2, -0.15) is 0 Å². The zero-order chi connectivity index (χ0) is 32.3. The lowest BCUT2D eigenvalue weighted by molar-refractivity contribution is 0.661. The van der Waals surface area contributed by atoms with E-state index in [1.807, 2.05) is 12.1 Å². The van der Waals surface area contributed by atoms with Crippen molar-refractivity contribution < 1.29 is 4.42 Å². The van der Waals surface area contributed by atoms with E-state index in [2.05, 4.69) is 146 Å². The van der Waals surface area contributed by atoms with Crippen molar-refractivity contribution in [3.05, 3.63) is 163 Å². The van der Waals surface area contributed by atoms with Crippen LogP contribution >= 0.6 is 0 Å². The van der Waals surface area contributed by atoms with Gasteiger partial charge in [0.2, 0.25) is 0 Å². The molecule has 1 aliphatic rings. The van der Waals surface area contributed by atoms with Gasteiger partial charge in [0.15, 0.2) is 5.82 Å². The molecule has 10 rings (SSSR count). The van der Waals surface area contributed by atoms with Gasteiger partial charge in [0, 0.05) is 32.8 Å². The van der Waals surface area contributed by atoms with Crippen LogP contribution in [0, 0.1) is 0 Å². The molecular formula is C46H30N2O. The minimum absolute atomic E-state index is 0.732. The lowest BCUT2D eigenvalue weighted by Crippen LogP contribution is -2.01. The molecule has 0 atom stereocenters. The maximum Gasteiger partial charge on any atom is 0.161 e. The Balaban J connectivity index is 1.17. The molecule has 3 heteroatoms. The zero-order valence-electron chi connectivity index (χ0n) is 26.7. The molecule has 0 saturated carbocycles. The number of aryl methyl sites for hydroxylation is 1. The van der Waals surface area contributed by atoms with E-state index in [1.54, 1.807) is 0 Å². The number of hydrogen-bond acceptors (Lipinski definition) is 3. The van der Waals surface area contributed by atoms with Gasteiger partial charge >= 0.3 is 0 Å². The van der Waals surface area contributed by atoms with Crippen molar-refractivity contribution in [3.63, 3.8) is 0 Å². The van der Waals surface area contributed by atoms with E-state index in [1.165, 1.54) is 33.0 Å². The molecule has 0 unspecified atom stereocenters. The van der Waals surface area contributed by atoms with Crippen LogP contribution in [0.3, 0.4) is 0 Å². The van der Waals surface area contributed by atoms with Crippen LogP contribution in [-0.4, -0.2) is 9.97 Å². The third-order valence-electron chi connectivity index (χ3n) is 9.94. The molecule has 0 bridgehead atoms. The summed E-state index contributed by atoms with van der Waals surface area (Å²) >= 11 is 0. The van der Waals surface area contributed by atoms with E-state index in [-0.39, 0.29) is 0 Å². The molecule has 3 nitrogen and oxygen atoms in total. The highest BCUT2D eigenvalue weighted by atomic mass is 16.3. The van der Waals surface area contributed by atoms with Gasteiger partial charge in [-0.15, -0.1) is 0 Å². The Bertz CT molecular complexity index is 2770. The molecule has 2 aromatic heterocycles. The smallest absolute Gasteiger partial charge is 0.161 e. The van der Waals surface area contributed by atoms with Gasteiger partial charge in [-0.05, 0) is 81.8 Å². The number of para-hydroxylation sites is 1. The van der Waals surface area contributed by atoms with Gasteiger partial charge in [0.25, 0.3) is 0 Å². The highest BCUT2D eigenvalue weighted by Crippen LogP contribution is 2.42. The van der Waals surface area contributed by atoms with Gasteiger partial charge < -0.3 is 4.42 Å². The first-order chi connectivity index (χ1) is 24.3. The average Bonchev–Trinajstić information content (AvgIpc) is 3.55. The Morgan fingerprint density at radius 2 is 1.27 bits per heavy atom. The summed E-state index contributed by atoms with van der Waals surface area (Å²) in [7, 11) is 0. The van der Waals surface area contributed by atoms with Crippen LogP contribution in [0.2, 0.25) is 0 Å². The molecule has 49 heavy (non-hydrogen) atoms. The highest BCUT2D eigenvalue weighted by molar-refractivity contribution is 6.10. The molecule has 0 radical (unpaired) electrons. The van der Waals surface area contributed by atoms with Crippen molar-refractivity contribution in [2.24, 2.45) is 0 Å². The highest BCUT2D eigenvalue weighted by Gasteiger charge is 2.23. The first kappa shape index (κ1) is 27.8. The number of aromatic nitrogens is 2. The molecule has 230 valence electrons. The zero-order valence-corrected chi connectivity index (χ0v) is 26.7. The summed E-state index contributed by atoms with van der Waals surface area (Å²) < 4.78 is 6.66. The second-order valence-electron chi connectivity index (χ2n) is 12.8. The summed E-state index contributed by atoms with van der Waals surface area (Å²) in [6, 6.07) is 51.6. The van der Waals surface area contributed by atoms with Gasteiger partial charge in [0.05, 0.1) is 11.2 Å². The molecule has 2 heterocycles. The molecule has 7 aromatic carbocycles. The van der Waals surface area contributed by atoms with E-state index in [0.29, 0.717) is 0 Å². The molecule has 0 N–H and O–H groups in total. The fourth-order valence-electron chi connectivity index (χ4n) is 7.58. The van der Waals surface area contributed by atoms with E-state index in [9.17, 15) is 0 Å². The largest absolute Gasteiger partial charge is 0.456 e. The number of rotatable bonds is 4. The monoisotopic (exact) mass is 626 g/mol. The van der Waals surface area contributed by atoms with Crippen molar-refractivity contribution >= 4 is 49.7 Å². The first-order valence-electron chi connectivity index (χ1n) is 16.9. The van der Waals surface area contributed by atoms with Crippen molar-refractivity contribution in [2.45, 2.75) is 12.8 Å². The van der Waals surface area contributed by atoms with Crippen LogP contribution < -0.4 is 0 Å². The van der Waals surface area contributed by atoms with E-state index < -0.39 is 0 Å². The molecule has 9 aromatic rings. The summed E-state index contributed by atoms with van der Waals surface area (Å²) in [4.78, 5) is 10.4. The Kier molecular flexibility index (Phi) is 6.31. The normalized spacial score (nSPS) is 12.7. The minimum Gasteiger partial charge on any atom is -0.456 e. The lowest BCUT2D eigenvalue weighted by atomic mass is 9.90. The Hall–Kier alpha value is -6.32. The number of furan rings is 1. The molecule has 0 fully saturated rings. The van der Waals surface area contributed by atoms with Crippen molar-refractivity contribution in [1.82, 2.24) is 9.97 Å². The van der Waals surface area contributed by atoms with Crippen LogP contribution in [0.4, 0.5) is 0 Å². The van der Waals surface area contributed by atoms with Gasteiger partial charge in [-0.3, -0.25) is 0 Å². The maximum absolute atomic E-state index is 6.66. The molecular weight excluding hydrogens is 597 g/mol. The quantitative estimate of drug-likeness (QED) is 0.195. The molecule has 0 spiro atoms. The summed E-state index contributed by atoms with van der Waals surface area (Å²) in [6.07, 6.45) is 6.37. The third kappa shape index (κ3) is 4.58. The SMILES string of the molecule is C1=Cc2c(-c3nc(-c4ccccc4)c4ccccc4n3)cc3c(oc4ccc(-c5cccc(-c6cccc7ccccc67)c5)cc43)c2CC1. The van der Waals surface area contributed by atoms with Crippen LogP contribution in [0.25, 0.3) is 94.6 Å². The Labute approximate surface area is 283 Å². The average molecular weight is 627 g/mol. The van der Waals surface area contributed by atoms with Crippen molar-refractivity contribution in [2.75, 3.05) is 0 Å². The van der Waals surface area contributed by atoms with Crippen LogP contribution in [0.5, 0.6) is 0 Å². The predicted octanol–water partition coefficient (Wildman–Crippen LogP) is 12.3. The number of fused-ring (bicyclic) bond motifs is 7. The van der Waals surface area contributed by atoms with E-state index in [4.69, 9.17) is 14.4 Å². The van der Waals surface area contributed by atoms with Gasteiger partial charge in [-0.25, -0.2) is 9.97 Å². The Morgan fingerprint density at radius 3 is 2.20 bits per heavy atom. The summed E-state index contributed by atoms with van der Waals surface area (Å²) in [5, 5.41) is 5.76. The number of benzene rings is 7. The number of hydrogen-bond donors (Lipinski definition) is 0. The Morgan fingerprint density at radius 1 is 0.510 bits per heavy atom. The maximum atomic E-state index is 6.66. The van der Waals surface area contributed by atoms with Crippen molar-refractivity contribution in [3.8, 4) is 44.9 Å². The van der Waals surface area contributed by atoms with Gasteiger partial charge in [0.1, 0.15) is 11.2 Å². The molecule has 0 saturated heterocycles. The van der Waals surface area contributed by atoms with E-state index >= 15 is 0 Å². The second kappa shape index (κ2) is 11.1. The standard InChI is InChI=1S/C46H30N2O/c1-2-13-30(14-3-1)44-38-21-8-9-23-42(38)47-46(48-44)41-28-40-39-27-32(24-25-43(39)49-45(40)37-20-7-6-19-36(37)41)31-16-10-17-33(26-31)35-22-11-15-29-12-4-5-18-34(29)35/h1-6,8-19,21-28H,7,20H2. The van der Waals surface area contributed by atoms with Gasteiger partial charge in [-0.1, -0.05) is 127 Å². The number of nitrogens with zero attached hydrogens (tertiary/aromatic N) is 2. The predicted molar refractivity (Wildman–Crippen MR) is 203 cm³/mol. The topological polar surface area (TPSA) is 38.9 Å². The summed E-state index contributed by atoms with van der Waals surface area (Å²) in [6.45, 7) is 0. The molecule has 1 aliphatic carbocycles. The van der Waals surface area contributed by atoms with Crippen molar-refractivity contribution in [1.29, 1.82) is 0 Å². The van der Waals surface area contributed by atoms with Crippen LogP contribution in [-0.2, 0) is 6.42 Å². The number of allylic oxidation sites excluding steroid dienone is 1. The fourth-order valence-corrected chi connectivity index (χ4v) is 7.58. The lowest BCUT2D eigenvalue weighted by Gasteiger charge is -2.16. The fraction of sp³-hybridized carbons (Fsp3) is 0.0435. The van der Waals surface area contributed by atoms with Crippen LogP contribution in [0.1, 0.15) is 17.5 Å². The molecule has 0 aliphatic heterocycles. The summed E-state index contributed by atoms with van der Waals surface area (Å²) in [5.41, 5.74) is 13.0. The van der Waals surface area contributed by atoms with E-state index in [0.717, 1.165) is 79.5 Å². The summed E-state index contributed by atoms with van der Waals surface area (Å²) in [5.74, 6) is 0.732. The molecule has 0 amide bonds. The minimum atomic E-state index is 0.732.